The topological polar surface area (TPSA) is 50.2 Å². The minimum absolute atomic E-state index is 0.0325. The first-order valence-electron chi connectivity index (χ1n) is 12.8. The number of aromatic nitrogens is 2. The lowest BCUT2D eigenvalue weighted by atomic mass is 10.0. The number of pyridine rings is 2. The second kappa shape index (κ2) is 10.4. The number of piperidine rings is 1. The van der Waals surface area contributed by atoms with Crippen molar-refractivity contribution >= 4 is 39.0 Å². The Hall–Kier alpha value is -3.67. The van der Waals surface area contributed by atoms with Crippen molar-refractivity contribution in [3.63, 3.8) is 0 Å². The number of anilines is 1. The van der Waals surface area contributed by atoms with Gasteiger partial charge in [0.2, 0.25) is 0 Å². The smallest absolute Gasteiger partial charge is 0.253 e. The molecule has 1 aliphatic heterocycles. The Labute approximate surface area is 221 Å². The van der Waals surface area contributed by atoms with Gasteiger partial charge >= 0.3 is 0 Å². The first-order chi connectivity index (χ1) is 18.1. The molecule has 186 valence electrons. The molecule has 0 amide bonds. The highest BCUT2D eigenvalue weighted by Gasteiger charge is 2.21. The van der Waals surface area contributed by atoms with Crippen molar-refractivity contribution in [2.24, 2.45) is 0 Å². The number of rotatable bonds is 6. The number of benzene rings is 3. The molecule has 0 spiro atoms. The Kier molecular flexibility index (Phi) is 6.64. The summed E-state index contributed by atoms with van der Waals surface area (Å²) in [4.78, 5) is 19.9. The van der Waals surface area contributed by atoms with Crippen molar-refractivity contribution < 1.29 is 0 Å². The maximum atomic E-state index is 13.2. The van der Waals surface area contributed by atoms with Crippen LogP contribution in [0, 0.1) is 0 Å². The molecule has 6 rings (SSSR count). The molecule has 0 aliphatic carbocycles. The van der Waals surface area contributed by atoms with Crippen LogP contribution in [-0.4, -0.2) is 33.6 Å². The van der Waals surface area contributed by atoms with Gasteiger partial charge in [-0.25, -0.2) is 0 Å². The number of hydrogen-bond donors (Lipinski definition) is 1. The SMILES string of the molecule is O=c1cc(NC2CCN(Cc3ccc4ccccc4c3)CC2)c2cc(Cl)ccc2n1Cc1cccnc1. The van der Waals surface area contributed by atoms with Crippen LogP contribution in [0.1, 0.15) is 24.0 Å². The fraction of sp³-hybridized carbons (Fsp3) is 0.226. The van der Waals surface area contributed by atoms with Crippen molar-refractivity contribution in [1.82, 2.24) is 14.5 Å². The highest BCUT2D eigenvalue weighted by molar-refractivity contribution is 6.31. The van der Waals surface area contributed by atoms with Crippen molar-refractivity contribution in [2.75, 3.05) is 18.4 Å². The van der Waals surface area contributed by atoms with Gasteiger partial charge in [0.15, 0.2) is 0 Å². The Morgan fingerprint density at radius 1 is 0.865 bits per heavy atom. The molecular weight excluding hydrogens is 480 g/mol. The van der Waals surface area contributed by atoms with Gasteiger partial charge in [0.1, 0.15) is 0 Å². The lowest BCUT2D eigenvalue weighted by Crippen LogP contribution is -2.39. The summed E-state index contributed by atoms with van der Waals surface area (Å²) in [5, 5.41) is 7.88. The minimum atomic E-state index is -0.0325. The Morgan fingerprint density at radius 2 is 1.70 bits per heavy atom. The van der Waals surface area contributed by atoms with Gasteiger partial charge in [-0.15, -0.1) is 0 Å². The van der Waals surface area contributed by atoms with Crippen LogP contribution in [0.3, 0.4) is 0 Å². The number of halogens is 1. The van der Waals surface area contributed by atoms with E-state index in [0.29, 0.717) is 17.6 Å². The van der Waals surface area contributed by atoms with Gasteiger partial charge in [-0.1, -0.05) is 54.1 Å². The molecule has 0 radical (unpaired) electrons. The molecule has 5 aromatic rings. The van der Waals surface area contributed by atoms with Crippen LogP contribution in [0.5, 0.6) is 0 Å². The quantitative estimate of drug-likeness (QED) is 0.291. The predicted molar refractivity (Wildman–Crippen MR) is 152 cm³/mol. The van der Waals surface area contributed by atoms with E-state index in [1.165, 1.54) is 16.3 Å². The van der Waals surface area contributed by atoms with Crippen LogP contribution in [0.2, 0.25) is 5.02 Å². The summed E-state index contributed by atoms with van der Waals surface area (Å²) >= 11 is 6.39. The number of hydrogen-bond acceptors (Lipinski definition) is 4. The fourth-order valence-corrected chi connectivity index (χ4v) is 5.54. The molecule has 0 atom stereocenters. The maximum absolute atomic E-state index is 13.2. The Bertz CT molecular complexity index is 1610. The highest BCUT2D eigenvalue weighted by Crippen LogP contribution is 2.28. The van der Waals surface area contributed by atoms with Crippen LogP contribution in [0.15, 0.2) is 96.1 Å². The standard InChI is InChI=1S/C31H29ClN4O/c32-26-9-10-30-28(17-26)29(18-31(37)36(30)21-23-4-3-13-33-19-23)34-27-11-14-35(15-12-27)20-22-7-8-24-5-1-2-6-25(24)16-22/h1-10,13,16-19,27,34H,11-12,14-15,20-21H2. The molecule has 0 bridgehead atoms. The summed E-state index contributed by atoms with van der Waals surface area (Å²) < 4.78 is 1.79. The largest absolute Gasteiger partial charge is 0.382 e. The number of fused-ring (bicyclic) bond motifs is 2. The molecule has 5 nitrogen and oxygen atoms in total. The third kappa shape index (κ3) is 5.24. The maximum Gasteiger partial charge on any atom is 0.253 e. The number of likely N-dealkylation sites (tertiary alicyclic amines) is 1. The first-order valence-corrected chi connectivity index (χ1v) is 13.2. The molecule has 1 N–H and O–H groups in total. The molecule has 37 heavy (non-hydrogen) atoms. The van der Waals surface area contributed by atoms with E-state index >= 15 is 0 Å². The van der Waals surface area contributed by atoms with Crippen LogP contribution in [0.25, 0.3) is 21.7 Å². The lowest BCUT2D eigenvalue weighted by molar-refractivity contribution is 0.211. The van der Waals surface area contributed by atoms with E-state index in [9.17, 15) is 4.79 Å². The van der Waals surface area contributed by atoms with E-state index in [0.717, 1.165) is 54.6 Å². The summed E-state index contributed by atoms with van der Waals surface area (Å²) in [6.07, 6.45) is 5.58. The fourth-order valence-electron chi connectivity index (χ4n) is 5.36. The zero-order valence-corrected chi connectivity index (χ0v) is 21.4. The van der Waals surface area contributed by atoms with Gasteiger partial charge in [0.25, 0.3) is 5.56 Å². The van der Waals surface area contributed by atoms with Gasteiger partial charge in [-0.05, 0) is 65.1 Å². The van der Waals surface area contributed by atoms with Crippen LogP contribution in [-0.2, 0) is 13.1 Å². The van der Waals surface area contributed by atoms with E-state index in [1.807, 2.05) is 30.3 Å². The minimum Gasteiger partial charge on any atom is -0.382 e. The van der Waals surface area contributed by atoms with E-state index in [4.69, 9.17) is 11.6 Å². The normalized spacial score (nSPS) is 14.8. The molecule has 3 heterocycles. The van der Waals surface area contributed by atoms with E-state index < -0.39 is 0 Å². The van der Waals surface area contributed by atoms with Crippen LogP contribution >= 0.6 is 11.6 Å². The molecule has 3 aromatic carbocycles. The van der Waals surface area contributed by atoms with Gasteiger partial charge in [0, 0.05) is 60.2 Å². The summed E-state index contributed by atoms with van der Waals surface area (Å²) in [5.74, 6) is 0. The summed E-state index contributed by atoms with van der Waals surface area (Å²) in [6.45, 7) is 3.46. The van der Waals surface area contributed by atoms with Crippen LogP contribution in [0.4, 0.5) is 5.69 Å². The number of nitrogens with one attached hydrogen (secondary N) is 1. The summed E-state index contributed by atoms with van der Waals surface area (Å²) in [6, 6.07) is 26.9. The molecule has 1 aliphatic rings. The summed E-state index contributed by atoms with van der Waals surface area (Å²) in [5.41, 5.74) is 4.04. The highest BCUT2D eigenvalue weighted by atomic mass is 35.5. The van der Waals surface area contributed by atoms with E-state index in [2.05, 4.69) is 57.7 Å². The van der Waals surface area contributed by atoms with Gasteiger partial charge in [-0.3, -0.25) is 14.7 Å². The molecule has 2 aromatic heterocycles. The molecule has 6 heteroatoms. The average molecular weight is 509 g/mol. The second-order valence-electron chi connectivity index (χ2n) is 9.88. The zero-order valence-electron chi connectivity index (χ0n) is 20.6. The lowest BCUT2D eigenvalue weighted by Gasteiger charge is -2.33. The molecule has 0 saturated carbocycles. The number of nitrogens with zero attached hydrogens (tertiary/aromatic N) is 3. The van der Waals surface area contributed by atoms with E-state index in [1.54, 1.807) is 23.0 Å². The van der Waals surface area contributed by atoms with Crippen LogP contribution < -0.4 is 10.9 Å². The van der Waals surface area contributed by atoms with Crippen molar-refractivity contribution in [1.29, 1.82) is 0 Å². The Balaban J connectivity index is 1.17. The average Bonchev–Trinajstić information content (AvgIpc) is 2.92. The van der Waals surface area contributed by atoms with Crippen molar-refractivity contribution in [3.8, 4) is 0 Å². The predicted octanol–water partition coefficient (Wildman–Crippen LogP) is 6.33. The molecular formula is C31H29ClN4O. The van der Waals surface area contributed by atoms with Gasteiger partial charge < -0.3 is 9.88 Å². The second-order valence-corrected chi connectivity index (χ2v) is 10.3. The van der Waals surface area contributed by atoms with Gasteiger partial charge in [0.05, 0.1) is 12.1 Å². The molecule has 1 fully saturated rings. The molecule has 1 saturated heterocycles. The van der Waals surface area contributed by atoms with Crippen molar-refractivity contribution in [3.05, 3.63) is 118 Å². The zero-order chi connectivity index (χ0) is 25.2. The third-order valence-corrected chi connectivity index (χ3v) is 7.54. The first kappa shape index (κ1) is 23.7. The Morgan fingerprint density at radius 3 is 2.51 bits per heavy atom. The van der Waals surface area contributed by atoms with Crippen molar-refractivity contribution in [2.45, 2.75) is 32.0 Å². The monoisotopic (exact) mass is 508 g/mol. The van der Waals surface area contributed by atoms with Gasteiger partial charge in [-0.2, -0.15) is 0 Å². The summed E-state index contributed by atoms with van der Waals surface area (Å²) in [7, 11) is 0. The van der Waals surface area contributed by atoms with E-state index in [-0.39, 0.29) is 5.56 Å². The molecule has 0 unspecified atom stereocenters. The third-order valence-electron chi connectivity index (χ3n) is 7.30.